The Bertz CT molecular complexity index is 790. The van der Waals surface area contributed by atoms with Gasteiger partial charge >= 0.3 is 6.09 Å². The van der Waals surface area contributed by atoms with Gasteiger partial charge in [-0.15, -0.1) is 24.0 Å². The first-order valence-corrected chi connectivity index (χ1v) is 9.61. The fourth-order valence-corrected chi connectivity index (χ4v) is 3.00. The maximum Gasteiger partial charge on any atom is 0.409 e. The van der Waals surface area contributed by atoms with Gasteiger partial charge in [-0.1, -0.05) is 0 Å². The predicted octanol–water partition coefficient (Wildman–Crippen LogP) is 2.12. The normalized spacial score (nSPS) is 14.3. The van der Waals surface area contributed by atoms with Crippen molar-refractivity contribution in [3.63, 3.8) is 0 Å². The number of ether oxygens (including phenoxy) is 1. The van der Waals surface area contributed by atoms with Crippen LogP contribution in [0.3, 0.4) is 0 Å². The van der Waals surface area contributed by atoms with E-state index in [9.17, 15) is 4.79 Å². The number of carbonyl (C=O) groups excluding carboxylic acids is 1. The number of amides is 1. The number of rotatable bonds is 5. The summed E-state index contributed by atoms with van der Waals surface area (Å²) in [4.78, 5) is 24.9. The van der Waals surface area contributed by atoms with Gasteiger partial charge in [-0.25, -0.2) is 19.5 Å². The van der Waals surface area contributed by atoms with E-state index in [-0.39, 0.29) is 30.1 Å². The van der Waals surface area contributed by atoms with Crippen LogP contribution in [0, 0.1) is 0 Å². The number of hydrogen-bond acceptors (Lipinski definition) is 5. The molecule has 2 aromatic rings. The lowest BCUT2D eigenvalue weighted by Gasteiger charge is -2.35. The third-order valence-electron chi connectivity index (χ3n) is 4.40. The Hall–Kier alpha value is -2.37. The van der Waals surface area contributed by atoms with E-state index in [1.165, 1.54) is 0 Å². The van der Waals surface area contributed by atoms with E-state index in [0.29, 0.717) is 26.2 Å². The Kier molecular flexibility index (Phi) is 9.16. The standard InChI is InChI=1S/C19H27N7O2.HI/c1-3-20-18(24-10-12-25(13-11-24)19(27)28-4-2)22-15-16-6-8-21-17(14-16)26-9-5-7-23-26;/h5-9,14H,3-4,10-13,15H2,1-2H3,(H,20,22);1H. The zero-order valence-corrected chi connectivity index (χ0v) is 19.2. The summed E-state index contributed by atoms with van der Waals surface area (Å²) in [5.74, 6) is 1.62. The van der Waals surface area contributed by atoms with E-state index in [2.05, 4.69) is 20.3 Å². The molecule has 29 heavy (non-hydrogen) atoms. The molecule has 1 amide bonds. The van der Waals surface area contributed by atoms with Gasteiger partial charge < -0.3 is 19.9 Å². The fourth-order valence-electron chi connectivity index (χ4n) is 3.00. The number of aliphatic imine (C=N–C) groups is 1. The van der Waals surface area contributed by atoms with Crippen LogP contribution in [-0.4, -0.2) is 75.9 Å². The minimum Gasteiger partial charge on any atom is -0.450 e. The van der Waals surface area contributed by atoms with Gasteiger partial charge in [0.1, 0.15) is 0 Å². The minimum absolute atomic E-state index is 0. The minimum atomic E-state index is -0.243. The average Bonchev–Trinajstić information content (AvgIpc) is 3.27. The van der Waals surface area contributed by atoms with Gasteiger partial charge in [0.15, 0.2) is 11.8 Å². The second-order valence-corrected chi connectivity index (χ2v) is 6.32. The molecule has 10 heteroatoms. The molecule has 0 atom stereocenters. The molecule has 0 bridgehead atoms. The quantitative estimate of drug-likeness (QED) is 0.375. The zero-order chi connectivity index (χ0) is 19.8. The van der Waals surface area contributed by atoms with E-state index < -0.39 is 0 Å². The monoisotopic (exact) mass is 513 g/mol. The topological polar surface area (TPSA) is 87.9 Å². The summed E-state index contributed by atoms with van der Waals surface area (Å²) in [6, 6.07) is 5.81. The third kappa shape index (κ3) is 6.31. The van der Waals surface area contributed by atoms with Crippen LogP contribution in [0.25, 0.3) is 5.82 Å². The summed E-state index contributed by atoms with van der Waals surface area (Å²) in [6.07, 6.45) is 5.12. The van der Waals surface area contributed by atoms with Crippen LogP contribution in [0.15, 0.2) is 41.8 Å². The molecule has 1 N–H and O–H groups in total. The van der Waals surface area contributed by atoms with Crippen molar-refractivity contribution < 1.29 is 9.53 Å². The summed E-state index contributed by atoms with van der Waals surface area (Å²) in [7, 11) is 0. The highest BCUT2D eigenvalue weighted by molar-refractivity contribution is 14.0. The van der Waals surface area contributed by atoms with Gasteiger partial charge in [-0.05, 0) is 37.6 Å². The van der Waals surface area contributed by atoms with Gasteiger partial charge in [0.05, 0.1) is 13.2 Å². The van der Waals surface area contributed by atoms with Gasteiger partial charge in [-0.3, -0.25) is 0 Å². The zero-order valence-electron chi connectivity index (χ0n) is 16.8. The lowest BCUT2D eigenvalue weighted by molar-refractivity contribution is 0.0914. The van der Waals surface area contributed by atoms with Crippen molar-refractivity contribution in [1.29, 1.82) is 0 Å². The first-order valence-electron chi connectivity index (χ1n) is 9.61. The Morgan fingerprint density at radius 3 is 2.62 bits per heavy atom. The van der Waals surface area contributed by atoms with Crippen LogP contribution in [0.2, 0.25) is 0 Å². The Morgan fingerprint density at radius 2 is 1.97 bits per heavy atom. The third-order valence-corrected chi connectivity index (χ3v) is 4.40. The SMILES string of the molecule is CCNC(=NCc1ccnc(-n2cccn2)c1)N1CCN(C(=O)OCC)CC1.I. The lowest BCUT2D eigenvalue weighted by atomic mass is 10.2. The summed E-state index contributed by atoms with van der Waals surface area (Å²) in [5.41, 5.74) is 1.06. The van der Waals surface area contributed by atoms with E-state index >= 15 is 0 Å². The molecular formula is C19H28IN7O2. The van der Waals surface area contributed by atoms with E-state index in [1.54, 1.807) is 22.0 Å². The molecule has 1 aliphatic heterocycles. The molecule has 3 rings (SSSR count). The van der Waals surface area contributed by atoms with Gasteiger partial charge in [0, 0.05) is 51.3 Å². The van der Waals surface area contributed by atoms with Crippen LogP contribution >= 0.6 is 24.0 Å². The average molecular weight is 513 g/mol. The molecule has 3 heterocycles. The van der Waals surface area contributed by atoms with E-state index in [4.69, 9.17) is 9.73 Å². The summed E-state index contributed by atoms with van der Waals surface area (Å²) in [6.45, 7) is 8.29. The van der Waals surface area contributed by atoms with Crippen molar-refractivity contribution in [2.24, 2.45) is 4.99 Å². The van der Waals surface area contributed by atoms with Crippen LogP contribution < -0.4 is 5.32 Å². The Balaban J connectivity index is 0.00000300. The largest absolute Gasteiger partial charge is 0.450 e. The predicted molar refractivity (Wildman–Crippen MR) is 122 cm³/mol. The van der Waals surface area contributed by atoms with E-state index in [1.807, 2.05) is 38.2 Å². The molecule has 2 aromatic heterocycles. The maximum absolute atomic E-state index is 11.9. The van der Waals surface area contributed by atoms with Crippen molar-refractivity contribution in [3.05, 3.63) is 42.4 Å². The van der Waals surface area contributed by atoms with Crippen LogP contribution in [0.1, 0.15) is 19.4 Å². The molecule has 0 saturated carbocycles. The van der Waals surface area contributed by atoms with Crippen molar-refractivity contribution in [2.45, 2.75) is 20.4 Å². The van der Waals surface area contributed by atoms with Crippen LogP contribution in [0.4, 0.5) is 4.79 Å². The molecular weight excluding hydrogens is 485 g/mol. The summed E-state index contributed by atoms with van der Waals surface area (Å²) >= 11 is 0. The second kappa shape index (κ2) is 11.6. The maximum atomic E-state index is 11.9. The number of carbonyl (C=O) groups is 1. The number of pyridine rings is 1. The Morgan fingerprint density at radius 1 is 1.21 bits per heavy atom. The molecule has 1 saturated heterocycles. The summed E-state index contributed by atoms with van der Waals surface area (Å²) < 4.78 is 6.81. The first kappa shape index (κ1) is 22.9. The molecule has 0 spiro atoms. The molecule has 0 unspecified atom stereocenters. The second-order valence-electron chi connectivity index (χ2n) is 6.32. The van der Waals surface area contributed by atoms with Crippen LogP contribution in [-0.2, 0) is 11.3 Å². The van der Waals surface area contributed by atoms with Crippen LogP contribution in [0.5, 0.6) is 0 Å². The summed E-state index contributed by atoms with van der Waals surface area (Å²) in [5, 5.41) is 7.56. The highest BCUT2D eigenvalue weighted by atomic mass is 127. The molecule has 0 aliphatic carbocycles. The first-order chi connectivity index (χ1) is 13.7. The number of halogens is 1. The molecule has 0 aromatic carbocycles. The van der Waals surface area contributed by atoms with Gasteiger partial charge in [0.25, 0.3) is 0 Å². The smallest absolute Gasteiger partial charge is 0.409 e. The molecule has 1 fully saturated rings. The van der Waals surface area contributed by atoms with Crippen molar-refractivity contribution in [2.75, 3.05) is 39.3 Å². The molecule has 1 aliphatic rings. The lowest BCUT2D eigenvalue weighted by Crippen LogP contribution is -2.53. The molecule has 158 valence electrons. The number of hydrogen-bond donors (Lipinski definition) is 1. The highest BCUT2D eigenvalue weighted by Crippen LogP contribution is 2.09. The number of guanidine groups is 1. The number of nitrogens with one attached hydrogen (secondary N) is 1. The van der Waals surface area contributed by atoms with Gasteiger partial charge in [-0.2, -0.15) is 5.10 Å². The molecule has 9 nitrogen and oxygen atoms in total. The number of aromatic nitrogens is 3. The number of nitrogens with zero attached hydrogens (tertiary/aromatic N) is 6. The van der Waals surface area contributed by atoms with Crippen molar-refractivity contribution >= 4 is 36.0 Å². The Labute approximate surface area is 188 Å². The van der Waals surface area contributed by atoms with Crippen molar-refractivity contribution in [3.8, 4) is 5.82 Å². The molecule has 0 radical (unpaired) electrons. The van der Waals surface area contributed by atoms with E-state index in [0.717, 1.165) is 37.0 Å². The highest BCUT2D eigenvalue weighted by Gasteiger charge is 2.23. The number of piperazine rings is 1. The fraction of sp³-hybridized carbons (Fsp3) is 0.474. The van der Waals surface area contributed by atoms with Crippen molar-refractivity contribution in [1.82, 2.24) is 29.9 Å². The van der Waals surface area contributed by atoms with Gasteiger partial charge in [0.2, 0.25) is 0 Å².